The number of nitrogens with two attached hydrogens (primary N) is 1. The SMILES string of the molecule is C=CCC[C@@H](N)c1cc(OC(F)(F)F)ccc1F. The van der Waals surface area contributed by atoms with Gasteiger partial charge in [0.15, 0.2) is 0 Å². The van der Waals surface area contributed by atoms with Crippen LogP contribution in [-0.4, -0.2) is 6.36 Å². The van der Waals surface area contributed by atoms with E-state index in [1.807, 2.05) is 0 Å². The Balaban J connectivity index is 2.90. The van der Waals surface area contributed by atoms with Crippen LogP contribution in [0.2, 0.25) is 0 Å². The minimum Gasteiger partial charge on any atom is -0.406 e. The van der Waals surface area contributed by atoms with Gasteiger partial charge in [-0.1, -0.05) is 6.08 Å². The van der Waals surface area contributed by atoms with Crippen LogP contribution in [0.4, 0.5) is 17.6 Å². The lowest BCUT2D eigenvalue weighted by atomic mass is 10.0. The second-order valence-corrected chi connectivity index (χ2v) is 3.70. The third kappa shape index (κ3) is 4.37. The van der Waals surface area contributed by atoms with Gasteiger partial charge in [0.2, 0.25) is 0 Å². The van der Waals surface area contributed by atoms with Crippen LogP contribution in [0.25, 0.3) is 0 Å². The lowest BCUT2D eigenvalue weighted by Crippen LogP contribution is -2.18. The van der Waals surface area contributed by atoms with Crippen LogP contribution < -0.4 is 10.5 Å². The molecule has 0 saturated heterocycles. The molecule has 0 fully saturated rings. The molecule has 2 nitrogen and oxygen atoms in total. The lowest BCUT2D eigenvalue weighted by Gasteiger charge is -2.14. The number of hydrogen-bond donors (Lipinski definition) is 1. The lowest BCUT2D eigenvalue weighted by molar-refractivity contribution is -0.274. The Kier molecular flexibility index (Phi) is 4.72. The molecule has 18 heavy (non-hydrogen) atoms. The smallest absolute Gasteiger partial charge is 0.406 e. The average Bonchev–Trinajstić information content (AvgIpc) is 2.26. The summed E-state index contributed by atoms with van der Waals surface area (Å²) in [6.45, 7) is 3.49. The molecule has 6 heteroatoms. The fourth-order valence-corrected chi connectivity index (χ4v) is 1.46. The molecule has 100 valence electrons. The molecule has 0 aliphatic rings. The Hall–Kier alpha value is -1.56. The quantitative estimate of drug-likeness (QED) is 0.649. The number of rotatable bonds is 5. The largest absolute Gasteiger partial charge is 0.573 e. The van der Waals surface area contributed by atoms with E-state index in [1.54, 1.807) is 6.08 Å². The predicted octanol–water partition coefficient (Wildman–Crippen LogP) is 3.69. The average molecular weight is 263 g/mol. The topological polar surface area (TPSA) is 35.2 Å². The van der Waals surface area contributed by atoms with Gasteiger partial charge >= 0.3 is 6.36 Å². The molecule has 0 aromatic heterocycles. The molecule has 1 aromatic rings. The van der Waals surface area contributed by atoms with Gasteiger partial charge < -0.3 is 10.5 Å². The van der Waals surface area contributed by atoms with Gasteiger partial charge in [0, 0.05) is 11.6 Å². The van der Waals surface area contributed by atoms with Gasteiger partial charge in [-0.25, -0.2) is 4.39 Å². The van der Waals surface area contributed by atoms with Gasteiger partial charge in [-0.3, -0.25) is 0 Å². The van der Waals surface area contributed by atoms with Gasteiger partial charge in [-0.15, -0.1) is 19.8 Å². The summed E-state index contributed by atoms with van der Waals surface area (Å²) in [5.41, 5.74) is 5.69. The first-order valence-corrected chi connectivity index (χ1v) is 5.25. The van der Waals surface area contributed by atoms with E-state index in [2.05, 4.69) is 11.3 Å². The molecular formula is C12H13F4NO. The number of alkyl halides is 3. The maximum Gasteiger partial charge on any atom is 0.573 e. The van der Waals surface area contributed by atoms with Crippen LogP contribution in [0.5, 0.6) is 5.75 Å². The molecule has 0 amide bonds. The number of halogens is 4. The van der Waals surface area contributed by atoms with Crippen LogP contribution in [0.3, 0.4) is 0 Å². The summed E-state index contributed by atoms with van der Waals surface area (Å²) in [6.07, 6.45) is -2.25. The maximum atomic E-state index is 13.4. The highest BCUT2D eigenvalue weighted by Gasteiger charge is 2.31. The van der Waals surface area contributed by atoms with Crippen LogP contribution in [0.15, 0.2) is 30.9 Å². The Morgan fingerprint density at radius 3 is 2.61 bits per heavy atom. The Morgan fingerprint density at radius 1 is 1.39 bits per heavy atom. The Labute approximate surface area is 102 Å². The summed E-state index contributed by atoms with van der Waals surface area (Å²) in [5, 5.41) is 0. The van der Waals surface area contributed by atoms with Crippen molar-refractivity contribution >= 4 is 0 Å². The molecule has 0 heterocycles. The molecule has 2 N–H and O–H groups in total. The summed E-state index contributed by atoms with van der Waals surface area (Å²) in [6, 6.07) is 2.09. The molecular weight excluding hydrogens is 250 g/mol. The Morgan fingerprint density at radius 2 is 2.06 bits per heavy atom. The van der Waals surface area contributed by atoms with Gasteiger partial charge in [-0.2, -0.15) is 0 Å². The normalized spacial score (nSPS) is 13.2. The van der Waals surface area contributed by atoms with Gasteiger partial charge in [0.05, 0.1) is 0 Å². The Bertz CT molecular complexity index is 417. The van der Waals surface area contributed by atoms with Gasteiger partial charge in [-0.05, 0) is 31.0 Å². The second-order valence-electron chi connectivity index (χ2n) is 3.70. The van der Waals surface area contributed by atoms with Gasteiger partial charge in [0.25, 0.3) is 0 Å². The monoisotopic (exact) mass is 263 g/mol. The molecule has 1 rings (SSSR count). The fraction of sp³-hybridized carbons (Fsp3) is 0.333. The highest BCUT2D eigenvalue weighted by Crippen LogP contribution is 2.28. The molecule has 0 spiro atoms. The third-order valence-corrected chi connectivity index (χ3v) is 2.28. The maximum absolute atomic E-state index is 13.4. The summed E-state index contributed by atoms with van der Waals surface area (Å²) in [4.78, 5) is 0. The summed E-state index contributed by atoms with van der Waals surface area (Å²) < 4.78 is 53.2. The zero-order valence-corrected chi connectivity index (χ0v) is 9.51. The van der Waals surface area contributed by atoms with Gasteiger partial charge in [0.1, 0.15) is 11.6 Å². The van der Waals surface area contributed by atoms with Crippen molar-refractivity contribution in [3.63, 3.8) is 0 Å². The van der Waals surface area contributed by atoms with E-state index in [1.165, 1.54) is 0 Å². The van der Waals surface area contributed by atoms with Crippen molar-refractivity contribution in [3.05, 3.63) is 42.2 Å². The van der Waals surface area contributed by atoms with Crippen LogP contribution in [-0.2, 0) is 0 Å². The van der Waals surface area contributed by atoms with E-state index >= 15 is 0 Å². The third-order valence-electron chi connectivity index (χ3n) is 2.28. The minimum absolute atomic E-state index is 0.00130. The molecule has 0 aliphatic heterocycles. The van der Waals surface area contributed by atoms with Crippen molar-refractivity contribution in [2.24, 2.45) is 5.73 Å². The minimum atomic E-state index is -4.81. The molecule has 0 saturated carbocycles. The number of ether oxygens (including phenoxy) is 1. The first-order valence-electron chi connectivity index (χ1n) is 5.25. The fourth-order valence-electron chi connectivity index (χ4n) is 1.46. The zero-order chi connectivity index (χ0) is 13.8. The van der Waals surface area contributed by atoms with Crippen molar-refractivity contribution in [1.82, 2.24) is 0 Å². The molecule has 0 bridgehead atoms. The first-order chi connectivity index (χ1) is 8.33. The first kappa shape index (κ1) is 14.5. The van der Waals surface area contributed by atoms with E-state index in [0.29, 0.717) is 12.8 Å². The highest BCUT2D eigenvalue weighted by molar-refractivity contribution is 5.32. The van der Waals surface area contributed by atoms with E-state index in [0.717, 1.165) is 18.2 Å². The highest BCUT2D eigenvalue weighted by atomic mass is 19.4. The van der Waals surface area contributed by atoms with E-state index in [9.17, 15) is 17.6 Å². The van der Waals surface area contributed by atoms with E-state index < -0.39 is 24.0 Å². The van der Waals surface area contributed by atoms with Crippen LogP contribution >= 0.6 is 0 Å². The van der Waals surface area contributed by atoms with Crippen molar-refractivity contribution in [1.29, 1.82) is 0 Å². The molecule has 1 atom stereocenters. The molecule has 0 unspecified atom stereocenters. The number of allylic oxidation sites excluding steroid dienone is 1. The van der Waals surface area contributed by atoms with E-state index in [-0.39, 0.29) is 5.56 Å². The van der Waals surface area contributed by atoms with Crippen molar-refractivity contribution in [2.45, 2.75) is 25.2 Å². The summed E-state index contributed by atoms with van der Waals surface area (Å²) >= 11 is 0. The number of hydrogen-bond acceptors (Lipinski definition) is 2. The van der Waals surface area contributed by atoms with Crippen LogP contribution in [0.1, 0.15) is 24.4 Å². The molecule has 1 aromatic carbocycles. The summed E-state index contributed by atoms with van der Waals surface area (Å²) in [5.74, 6) is -1.13. The molecule has 0 radical (unpaired) electrons. The standard InChI is InChI=1S/C12H13F4NO/c1-2-3-4-11(17)9-7-8(5-6-10(9)13)18-12(14,15)16/h2,5-7,11H,1,3-4,17H2/t11-/m1/s1. The van der Waals surface area contributed by atoms with Crippen molar-refractivity contribution < 1.29 is 22.3 Å². The van der Waals surface area contributed by atoms with Crippen molar-refractivity contribution in [3.8, 4) is 5.75 Å². The second kappa shape index (κ2) is 5.86. The summed E-state index contributed by atoms with van der Waals surface area (Å²) in [7, 11) is 0. The van der Waals surface area contributed by atoms with Crippen LogP contribution in [0, 0.1) is 5.82 Å². The zero-order valence-electron chi connectivity index (χ0n) is 9.51. The molecule has 0 aliphatic carbocycles. The van der Waals surface area contributed by atoms with Crippen molar-refractivity contribution in [2.75, 3.05) is 0 Å². The predicted molar refractivity (Wildman–Crippen MR) is 59.4 cm³/mol. The van der Waals surface area contributed by atoms with E-state index in [4.69, 9.17) is 5.73 Å². The number of benzene rings is 1.